The van der Waals surface area contributed by atoms with Crippen molar-refractivity contribution >= 4 is 11.9 Å². The Balaban J connectivity index is 1.41. The largest absolute Gasteiger partial charge is 0.457 e. The SMILES string of the molecule is O=C(OCc1ccccc1)c1ccccc1OOc1ccccc1C(=O)OCc1ccccc1. The summed E-state index contributed by atoms with van der Waals surface area (Å²) in [4.78, 5) is 36.1. The van der Waals surface area contributed by atoms with Gasteiger partial charge in [0.1, 0.15) is 24.3 Å². The van der Waals surface area contributed by atoms with Crippen LogP contribution < -0.4 is 9.78 Å². The van der Waals surface area contributed by atoms with Crippen molar-refractivity contribution in [1.82, 2.24) is 0 Å². The highest BCUT2D eigenvalue weighted by atomic mass is 17.2. The fourth-order valence-corrected chi connectivity index (χ4v) is 3.11. The van der Waals surface area contributed by atoms with E-state index in [1.807, 2.05) is 60.7 Å². The van der Waals surface area contributed by atoms with Gasteiger partial charge in [0.15, 0.2) is 11.5 Å². The molecule has 4 aromatic rings. The zero-order chi connectivity index (χ0) is 23.6. The Morgan fingerprint density at radius 3 is 1.24 bits per heavy atom. The smallest absolute Gasteiger partial charge is 0.342 e. The minimum Gasteiger partial charge on any atom is -0.457 e. The molecule has 170 valence electrons. The van der Waals surface area contributed by atoms with Gasteiger partial charge in [-0.25, -0.2) is 9.59 Å². The van der Waals surface area contributed by atoms with Gasteiger partial charge < -0.3 is 9.47 Å². The van der Waals surface area contributed by atoms with Crippen LogP contribution in [0.2, 0.25) is 0 Å². The van der Waals surface area contributed by atoms with Crippen molar-refractivity contribution in [2.75, 3.05) is 0 Å². The predicted molar refractivity (Wildman–Crippen MR) is 125 cm³/mol. The van der Waals surface area contributed by atoms with Gasteiger partial charge in [-0.1, -0.05) is 84.9 Å². The summed E-state index contributed by atoms with van der Waals surface area (Å²) in [6.45, 7) is 0.260. The van der Waals surface area contributed by atoms with Crippen molar-refractivity contribution < 1.29 is 28.8 Å². The second-order valence-electron chi connectivity index (χ2n) is 7.28. The molecular weight excluding hydrogens is 432 g/mol. The zero-order valence-electron chi connectivity index (χ0n) is 18.3. The molecular formula is C28H22O6. The molecule has 4 rings (SSSR count). The van der Waals surface area contributed by atoms with Crippen LogP contribution in [0.25, 0.3) is 0 Å². The molecule has 0 bridgehead atoms. The van der Waals surface area contributed by atoms with Gasteiger partial charge in [0.05, 0.1) is 0 Å². The van der Waals surface area contributed by atoms with Crippen LogP contribution in [-0.2, 0) is 22.7 Å². The van der Waals surface area contributed by atoms with E-state index < -0.39 is 11.9 Å². The number of rotatable bonds is 9. The molecule has 4 aromatic carbocycles. The van der Waals surface area contributed by atoms with Crippen LogP contribution in [0.1, 0.15) is 31.8 Å². The monoisotopic (exact) mass is 454 g/mol. The summed E-state index contributed by atoms with van der Waals surface area (Å²) in [5.74, 6) is -0.793. The first-order valence-corrected chi connectivity index (χ1v) is 10.7. The fourth-order valence-electron chi connectivity index (χ4n) is 3.11. The van der Waals surface area contributed by atoms with E-state index in [1.54, 1.807) is 48.5 Å². The highest BCUT2D eigenvalue weighted by Crippen LogP contribution is 2.24. The molecule has 0 saturated heterocycles. The van der Waals surface area contributed by atoms with E-state index in [9.17, 15) is 9.59 Å². The van der Waals surface area contributed by atoms with Gasteiger partial charge in [-0.3, -0.25) is 9.78 Å². The van der Waals surface area contributed by atoms with Crippen molar-refractivity contribution in [1.29, 1.82) is 0 Å². The Hall–Kier alpha value is -4.58. The Kier molecular flexibility index (Phi) is 7.54. The summed E-state index contributed by atoms with van der Waals surface area (Å²) < 4.78 is 10.8. The maximum absolute atomic E-state index is 12.6. The lowest BCUT2D eigenvalue weighted by Gasteiger charge is -2.12. The average Bonchev–Trinajstić information content (AvgIpc) is 2.90. The van der Waals surface area contributed by atoms with Gasteiger partial charge in [-0.05, 0) is 35.4 Å². The third-order valence-corrected chi connectivity index (χ3v) is 4.86. The van der Waals surface area contributed by atoms with E-state index in [0.29, 0.717) is 0 Å². The molecule has 6 heteroatoms. The van der Waals surface area contributed by atoms with Crippen LogP contribution >= 0.6 is 0 Å². The first-order valence-electron chi connectivity index (χ1n) is 10.7. The van der Waals surface area contributed by atoms with Gasteiger partial charge in [0.25, 0.3) is 0 Å². The van der Waals surface area contributed by atoms with Gasteiger partial charge in [0.2, 0.25) is 0 Å². The molecule has 0 aliphatic carbocycles. The molecule has 34 heavy (non-hydrogen) atoms. The third kappa shape index (κ3) is 6.01. The number of ether oxygens (including phenoxy) is 2. The second kappa shape index (κ2) is 11.3. The number of carbonyl (C=O) groups is 2. The van der Waals surface area contributed by atoms with Crippen LogP contribution in [0, 0.1) is 0 Å². The molecule has 0 N–H and O–H groups in total. The Morgan fingerprint density at radius 1 is 0.471 bits per heavy atom. The minimum atomic E-state index is -0.557. The summed E-state index contributed by atoms with van der Waals surface area (Å²) in [6, 6.07) is 31.8. The summed E-state index contributed by atoms with van der Waals surface area (Å²) in [6.07, 6.45) is 0. The van der Waals surface area contributed by atoms with Crippen LogP contribution in [-0.4, -0.2) is 11.9 Å². The number of hydrogen-bond donors (Lipinski definition) is 0. The highest BCUT2D eigenvalue weighted by Gasteiger charge is 2.18. The first kappa shape index (κ1) is 22.6. The van der Waals surface area contributed by atoms with Crippen LogP contribution in [0.4, 0.5) is 0 Å². The summed E-state index contributed by atoms with van der Waals surface area (Å²) in [5.41, 5.74) is 2.13. The minimum absolute atomic E-state index is 0.130. The molecule has 0 aromatic heterocycles. The fraction of sp³-hybridized carbons (Fsp3) is 0.0714. The molecule has 0 atom stereocenters. The molecule has 0 fully saturated rings. The Labute approximate surface area is 197 Å². The van der Waals surface area contributed by atoms with Crippen LogP contribution in [0.15, 0.2) is 109 Å². The van der Waals surface area contributed by atoms with Crippen molar-refractivity contribution in [2.45, 2.75) is 13.2 Å². The number of hydrogen-bond acceptors (Lipinski definition) is 6. The van der Waals surface area contributed by atoms with Crippen molar-refractivity contribution in [2.24, 2.45) is 0 Å². The van der Waals surface area contributed by atoms with Crippen LogP contribution in [0.5, 0.6) is 11.5 Å². The number of benzene rings is 4. The van der Waals surface area contributed by atoms with Gasteiger partial charge in [0, 0.05) is 0 Å². The third-order valence-electron chi connectivity index (χ3n) is 4.86. The summed E-state index contributed by atoms with van der Waals surface area (Å²) >= 11 is 0. The van der Waals surface area contributed by atoms with Crippen molar-refractivity contribution in [3.63, 3.8) is 0 Å². The van der Waals surface area contributed by atoms with E-state index in [4.69, 9.17) is 19.2 Å². The normalized spacial score (nSPS) is 10.2. The lowest BCUT2D eigenvalue weighted by molar-refractivity contribution is -0.101. The van der Waals surface area contributed by atoms with Crippen molar-refractivity contribution in [3.05, 3.63) is 131 Å². The van der Waals surface area contributed by atoms with E-state index in [2.05, 4.69) is 0 Å². The Morgan fingerprint density at radius 2 is 0.824 bits per heavy atom. The molecule has 0 radical (unpaired) electrons. The lowest BCUT2D eigenvalue weighted by atomic mass is 10.2. The number of esters is 2. The zero-order valence-corrected chi connectivity index (χ0v) is 18.3. The quantitative estimate of drug-likeness (QED) is 0.182. The number of carbonyl (C=O) groups excluding carboxylic acids is 2. The molecule has 0 heterocycles. The van der Waals surface area contributed by atoms with Gasteiger partial charge in [-0.15, -0.1) is 0 Å². The van der Waals surface area contributed by atoms with E-state index >= 15 is 0 Å². The summed E-state index contributed by atoms with van der Waals surface area (Å²) in [5, 5.41) is 0. The van der Waals surface area contributed by atoms with E-state index in [1.165, 1.54) is 0 Å². The van der Waals surface area contributed by atoms with Crippen LogP contribution in [0.3, 0.4) is 0 Å². The van der Waals surface area contributed by atoms with Gasteiger partial charge >= 0.3 is 11.9 Å². The van der Waals surface area contributed by atoms with Gasteiger partial charge in [-0.2, -0.15) is 0 Å². The molecule has 0 saturated carbocycles. The molecule has 0 spiro atoms. The lowest BCUT2D eigenvalue weighted by Crippen LogP contribution is -2.12. The molecule has 0 aliphatic heterocycles. The Bertz CT molecular complexity index is 1140. The average molecular weight is 454 g/mol. The predicted octanol–water partition coefficient (Wildman–Crippen LogP) is 5.77. The topological polar surface area (TPSA) is 71.1 Å². The molecule has 6 nitrogen and oxygen atoms in total. The molecule has 0 aliphatic rings. The standard InChI is InChI=1S/C28H22O6/c29-27(31-19-21-11-3-1-4-12-21)23-15-7-9-17-25(23)33-34-26-18-10-8-16-24(26)28(30)32-20-22-13-5-2-6-14-22/h1-18H,19-20H2. The van der Waals surface area contributed by atoms with E-state index in [0.717, 1.165) is 11.1 Å². The van der Waals surface area contributed by atoms with Crippen molar-refractivity contribution in [3.8, 4) is 11.5 Å². The maximum atomic E-state index is 12.6. The second-order valence-corrected chi connectivity index (χ2v) is 7.28. The highest BCUT2D eigenvalue weighted by molar-refractivity contribution is 5.93. The number of para-hydroxylation sites is 2. The maximum Gasteiger partial charge on any atom is 0.342 e. The first-order chi connectivity index (χ1) is 16.7. The summed E-state index contributed by atoms with van der Waals surface area (Å²) in [7, 11) is 0. The van der Waals surface area contributed by atoms with E-state index in [-0.39, 0.29) is 35.8 Å². The molecule has 0 unspecified atom stereocenters. The molecule has 0 amide bonds.